The number of carbonyl (C=O) groups is 1. The third-order valence-electron chi connectivity index (χ3n) is 5.83. The molecule has 1 aliphatic rings. The quantitative estimate of drug-likeness (QED) is 0.415. The fourth-order valence-corrected chi connectivity index (χ4v) is 4.42. The van der Waals surface area contributed by atoms with E-state index in [1.165, 1.54) is 0 Å². The fourth-order valence-electron chi connectivity index (χ4n) is 4.42. The van der Waals surface area contributed by atoms with Crippen LogP contribution in [0.4, 0.5) is 0 Å². The molecule has 1 aromatic rings. The smallest absolute Gasteiger partial charge is 0.306 e. The van der Waals surface area contributed by atoms with Crippen LogP contribution in [-0.4, -0.2) is 59.5 Å². The predicted molar refractivity (Wildman–Crippen MR) is 117 cm³/mol. The molecule has 0 bridgehead atoms. The minimum atomic E-state index is -0.829. The Hall–Kier alpha value is -2.03. The molecule has 0 amide bonds. The summed E-state index contributed by atoms with van der Waals surface area (Å²) in [7, 11) is 8.05. The van der Waals surface area contributed by atoms with E-state index >= 15 is 0 Å². The molecule has 1 N–H and O–H groups in total. The van der Waals surface area contributed by atoms with Gasteiger partial charge in [0.15, 0.2) is 17.3 Å². The summed E-state index contributed by atoms with van der Waals surface area (Å²) in [5.74, 6) is 0.698. The molecule has 1 aliphatic carbocycles. The van der Waals surface area contributed by atoms with Gasteiger partial charge in [0.1, 0.15) is 0 Å². The van der Waals surface area contributed by atoms with Gasteiger partial charge in [-0.1, -0.05) is 6.07 Å². The molecule has 0 radical (unpaired) electrons. The average Bonchev–Trinajstić information content (AvgIpc) is 2.76. The Kier molecular flexibility index (Phi) is 9.40. The molecule has 1 aromatic carbocycles. The molecular formula is C23H37NO7. The zero-order chi connectivity index (χ0) is 23.0. The Morgan fingerprint density at radius 1 is 1.06 bits per heavy atom. The van der Waals surface area contributed by atoms with Gasteiger partial charge in [-0.15, -0.1) is 0 Å². The summed E-state index contributed by atoms with van der Waals surface area (Å²) >= 11 is 0. The van der Waals surface area contributed by atoms with Crippen LogP contribution < -0.4 is 19.5 Å². The van der Waals surface area contributed by atoms with Crippen LogP contribution in [0.15, 0.2) is 12.1 Å². The standard InChI is InChI=1S/C23H37NO7/c1-15(2)31-19(25)13-16-9-8-12-23(29-6,30-7)22(16)24-14-17-10-11-18(26-3)21(28-5)20(17)27-4/h10-11,15-16,22,24H,8-9,12-14H2,1-7H3/t16-,22-/m1/s1. The molecule has 0 heterocycles. The van der Waals surface area contributed by atoms with E-state index < -0.39 is 5.79 Å². The summed E-state index contributed by atoms with van der Waals surface area (Å²) in [6.07, 6.45) is 2.67. The van der Waals surface area contributed by atoms with Crippen LogP contribution in [0, 0.1) is 5.92 Å². The maximum Gasteiger partial charge on any atom is 0.306 e. The first-order valence-corrected chi connectivity index (χ1v) is 10.7. The van der Waals surface area contributed by atoms with Crippen LogP contribution >= 0.6 is 0 Å². The fraction of sp³-hybridized carbons (Fsp3) is 0.696. The van der Waals surface area contributed by atoms with Crippen LogP contribution in [-0.2, 0) is 25.5 Å². The van der Waals surface area contributed by atoms with E-state index in [1.54, 1.807) is 35.5 Å². The Bertz CT molecular complexity index is 718. The highest BCUT2D eigenvalue weighted by molar-refractivity contribution is 5.70. The predicted octanol–water partition coefficient (Wildman–Crippen LogP) is 3.30. The number of carbonyl (C=O) groups excluding carboxylic acids is 1. The van der Waals surface area contributed by atoms with Gasteiger partial charge in [0, 0.05) is 32.7 Å². The maximum absolute atomic E-state index is 12.4. The van der Waals surface area contributed by atoms with Gasteiger partial charge in [-0.25, -0.2) is 0 Å². The number of rotatable bonds is 11. The number of hydrogen-bond acceptors (Lipinski definition) is 8. The van der Waals surface area contributed by atoms with Crippen LogP contribution in [0.25, 0.3) is 0 Å². The van der Waals surface area contributed by atoms with Gasteiger partial charge in [-0.3, -0.25) is 4.79 Å². The first-order valence-electron chi connectivity index (χ1n) is 10.7. The lowest BCUT2D eigenvalue weighted by Gasteiger charge is -2.46. The largest absolute Gasteiger partial charge is 0.493 e. The molecule has 31 heavy (non-hydrogen) atoms. The summed E-state index contributed by atoms with van der Waals surface area (Å²) in [4.78, 5) is 12.4. The van der Waals surface area contributed by atoms with Crippen molar-refractivity contribution >= 4 is 5.97 Å². The van der Waals surface area contributed by atoms with Gasteiger partial charge >= 0.3 is 5.97 Å². The second kappa shape index (κ2) is 11.5. The van der Waals surface area contributed by atoms with E-state index in [4.69, 9.17) is 28.4 Å². The van der Waals surface area contributed by atoms with Crippen molar-refractivity contribution in [2.24, 2.45) is 5.92 Å². The summed E-state index contributed by atoms with van der Waals surface area (Å²) in [6.45, 7) is 4.18. The monoisotopic (exact) mass is 439 g/mol. The highest BCUT2D eigenvalue weighted by atomic mass is 16.7. The van der Waals surface area contributed by atoms with E-state index in [2.05, 4.69) is 5.32 Å². The lowest BCUT2D eigenvalue weighted by molar-refractivity contribution is -0.249. The van der Waals surface area contributed by atoms with Gasteiger partial charge in [0.25, 0.3) is 0 Å². The van der Waals surface area contributed by atoms with Crippen molar-refractivity contribution in [1.29, 1.82) is 0 Å². The maximum atomic E-state index is 12.4. The van der Waals surface area contributed by atoms with E-state index in [9.17, 15) is 4.79 Å². The Balaban J connectivity index is 2.29. The van der Waals surface area contributed by atoms with Crippen molar-refractivity contribution in [3.8, 4) is 17.2 Å². The number of hydrogen-bond donors (Lipinski definition) is 1. The van der Waals surface area contributed by atoms with Crippen LogP contribution in [0.5, 0.6) is 17.2 Å². The molecule has 0 saturated heterocycles. The molecule has 0 unspecified atom stereocenters. The minimum absolute atomic E-state index is 0.00559. The van der Waals surface area contributed by atoms with E-state index in [0.717, 1.165) is 24.8 Å². The lowest BCUT2D eigenvalue weighted by atomic mass is 9.77. The molecule has 2 rings (SSSR count). The first kappa shape index (κ1) is 25.2. The molecule has 1 saturated carbocycles. The average molecular weight is 440 g/mol. The van der Waals surface area contributed by atoms with Crippen molar-refractivity contribution in [2.75, 3.05) is 35.5 Å². The molecular weight excluding hydrogens is 402 g/mol. The van der Waals surface area contributed by atoms with Gasteiger partial charge in [0.2, 0.25) is 5.75 Å². The SMILES string of the molecule is COc1ccc(CN[C@@H]2[C@@H](CC(=O)OC(C)C)CCCC2(OC)OC)c(OC)c1OC. The van der Waals surface area contributed by atoms with Crippen molar-refractivity contribution in [2.45, 2.75) is 64.0 Å². The zero-order valence-corrected chi connectivity index (χ0v) is 19.8. The number of benzene rings is 1. The Labute approximate surface area is 185 Å². The second-order valence-electron chi connectivity index (χ2n) is 7.97. The Morgan fingerprint density at radius 2 is 1.74 bits per heavy atom. The molecule has 8 heteroatoms. The molecule has 0 aliphatic heterocycles. The summed E-state index contributed by atoms with van der Waals surface area (Å²) in [6, 6.07) is 3.56. The summed E-state index contributed by atoms with van der Waals surface area (Å²) in [5.41, 5.74) is 0.898. The molecule has 0 aromatic heterocycles. The zero-order valence-electron chi connectivity index (χ0n) is 19.8. The molecule has 1 fully saturated rings. The van der Waals surface area contributed by atoms with Crippen molar-refractivity contribution in [1.82, 2.24) is 5.32 Å². The van der Waals surface area contributed by atoms with Crippen LogP contribution in [0.2, 0.25) is 0 Å². The highest BCUT2D eigenvalue weighted by Crippen LogP contribution is 2.41. The second-order valence-corrected chi connectivity index (χ2v) is 7.97. The summed E-state index contributed by atoms with van der Waals surface area (Å²) < 4.78 is 33.6. The van der Waals surface area contributed by atoms with Crippen molar-refractivity contribution in [3.05, 3.63) is 17.7 Å². The van der Waals surface area contributed by atoms with E-state index in [0.29, 0.717) is 30.2 Å². The normalized spacial score (nSPS) is 20.4. The number of esters is 1. The van der Waals surface area contributed by atoms with Crippen LogP contribution in [0.1, 0.15) is 45.1 Å². The first-order chi connectivity index (χ1) is 14.8. The molecule has 8 nitrogen and oxygen atoms in total. The molecule has 0 spiro atoms. The van der Waals surface area contributed by atoms with E-state index in [1.807, 2.05) is 26.0 Å². The Morgan fingerprint density at radius 3 is 2.29 bits per heavy atom. The van der Waals surface area contributed by atoms with Crippen molar-refractivity contribution in [3.63, 3.8) is 0 Å². The lowest BCUT2D eigenvalue weighted by Crippen LogP contribution is -2.59. The van der Waals surface area contributed by atoms with Gasteiger partial charge in [-0.2, -0.15) is 0 Å². The topological polar surface area (TPSA) is 84.5 Å². The molecule has 2 atom stereocenters. The number of ether oxygens (including phenoxy) is 6. The number of nitrogens with one attached hydrogen (secondary N) is 1. The van der Waals surface area contributed by atoms with Gasteiger partial charge < -0.3 is 33.7 Å². The van der Waals surface area contributed by atoms with Crippen LogP contribution in [0.3, 0.4) is 0 Å². The van der Waals surface area contributed by atoms with E-state index in [-0.39, 0.29) is 24.0 Å². The minimum Gasteiger partial charge on any atom is -0.493 e. The van der Waals surface area contributed by atoms with Gasteiger partial charge in [0.05, 0.1) is 39.9 Å². The summed E-state index contributed by atoms with van der Waals surface area (Å²) in [5, 5.41) is 3.57. The third-order valence-corrected chi connectivity index (χ3v) is 5.83. The number of methoxy groups -OCH3 is 5. The molecule has 176 valence electrons. The highest BCUT2D eigenvalue weighted by Gasteiger charge is 2.47. The van der Waals surface area contributed by atoms with Gasteiger partial charge in [-0.05, 0) is 38.7 Å². The third kappa shape index (κ3) is 5.81. The van der Waals surface area contributed by atoms with Crippen molar-refractivity contribution < 1.29 is 33.2 Å².